The Morgan fingerprint density at radius 1 is 1.14 bits per heavy atom. The molecule has 2 atom stereocenters. The standard InChI is InChI=1S/C16H22ClNO2S/c17-15-10-13-8-4-5-9-14(13)16(15)18-21(19,20)11-12-6-2-1-3-7-12/h4-5,8-9,12,15-16,18H,1-3,6-7,10-11H2. The Morgan fingerprint density at radius 3 is 2.62 bits per heavy atom. The van der Waals surface area contributed by atoms with E-state index in [9.17, 15) is 8.42 Å². The van der Waals surface area contributed by atoms with Crippen LogP contribution in [0.4, 0.5) is 0 Å². The number of halogens is 1. The number of alkyl halides is 1. The van der Waals surface area contributed by atoms with E-state index in [2.05, 4.69) is 4.72 Å². The molecule has 1 fully saturated rings. The van der Waals surface area contributed by atoms with Crippen LogP contribution in [0.5, 0.6) is 0 Å². The van der Waals surface area contributed by atoms with Gasteiger partial charge in [0.25, 0.3) is 0 Å². The lowest BCUT2D eigenvalue weighted by molar-refractivity contribution is 0.383. The van der Waals surface area contributed by atoms with E-state index in [-0.39, 0.29) is 17.2 Å². The highest BCUT2D eigenvalue weighted by atomic mass is 35.5. The number of sulfonamides is 1. The van der Waals surface area contributed by atoms with Crippen molar-refractivity contribution in [3.63, 3.8) is 0 Å². The van der Waals surface area contributed by atoms with Gasteiger partial charge in [-0.05, 0) is 36.3 Å². The van der Waals surface area contributed by atoms with E-state index in [1.807, 2.05) is 24.3 Å². The van der Waals surface area contributed by atoms with Gasteiger partial charge in [-0.15, -0.1) is 11.6 Å². The first-order valence-electron chi connectivity index (χ1n) is 7.77. The summed E-state index contributed by atoms with van der Waals surface area (Å²) < 4.78 is 27.7. The third kappa shape index (κ3) is 3.61. The predicted octanol–water partition coefficient (Wildman–Crippen LogP) is 3.39. The van der Waals surface area contributed by atoms with Gasteiger partial charge in [0.1, 0.15) is 0 Å². The van der Waals surface area contributed by atoms with Gasteiger partial charge in [-0.2, -0.15) is 0 Å². The molecule has 21 heavy (non-hydrogen) atoms. The summed E-state index contributed by atoms with van der Waals surface area (Å²) in [7, 11) is -3.27. The molecule has 0 aliphatic heterocycles. The maximum absolute atomic E-state index is 12.4. The van der Waals surface area contributed by atoms with Crippen molar-refractivity contribution in [2.24, 2.45) is 5.92 Å². The van der Waals surface area contributed by atoms with Crippen molar-refractivity contribution in [1.29, 1.82) is 0 Å². The van der Waals surface area contributed by atoms with Crippen LogP contribution in [0.15, 0.2) is 24.3 Å². The Balaban J connectivity index is 1.70. The Bertz CT molecular complexity index is 596. The molecular weight excluding hydrogens is 306 g/mol. The van der Waals surface area contributed by atoms with E-state index < -0.39 is 10.0 Å². The molecular formula is C16H22ClNO2S. The molecule has 1 aromatic rings. The van der Waals surface area contributed by atoms with E-state index in [1.165, 1.54) is 6.42 Å². The van der Waals surface area contributed by atoms with Crippen molar-refractivity contribution in [3.05, 3.63) is 35.4 Å². The minimum absolute atomic E-state index is 0.191. The highest BCUT2D eigenvalue weighted by Gasteiger charge is 2.34. The maximum Gasteiger partial charge on any atom is 0.212 e. The molecule has 2 aliphatic carbocycles. The van der Waals surface area contributed by atoms with Crippen LogP contribution < -0.4 is 4.72 Å². The molecule has 3 rings (SSSR count). The molecule has 0 spiro atoms. The van der Waals surface area contributed by atoms with Crippen LogP contribution in [0.1, 0.15) is 49.3 Å². The third-order valence-corrected chi connectivity index (χ3v) is 6.58. The smallest absolute Gasteiger partial charge is 0.212 e. The minimum Gasteiger partial charge on any atom is -0.212 e. The zero-order valence-corrected chi connectivity index (χ0v) is 13.7. The monoisotopic (exact) mass is 327 g/mol. The zero-order chi connectivity index (χ0) is 14.9. The highest BCUT2D eigenvalue weighted by Crippen LogP contribution is 2.35. The molecule has 0 bridgehead atoms. The summed E-state index contributed by atoms with van der Waals surface area (Å²) in [6, 6.07) is 7.64. The number of rotatable bonds is 4. The Kier molecular flexibility index (Phi) is 4.57. The summed E-state index contributed by atoms with van der Waals surface area (Å²) in [5, 5.41) is -0.191. The van der Waals surface area contributed by atoms with Crippen molar-refractivity contribution in [2.45, 2.75) is 49.9 Å². The normalized spacial score (nSPS) is 26.7. The fraction of sp³-hybridized carbons (Fsp3) is 0.625. The second-order valence-electron chi connectivity index (χ2n) is 6.30. The molecule has 2 unspecified atom stereocenters. The summed E-state index contributed by atoms with van der Waals surface area (Å²) in [4.78, 5) is 0. The van der Waals surface area contributed by atoms with Crippen LogP contribution in [0.3, 0.4) is 0 Å². The van der Waals surface area contributed by atoms with Crippen molar-refractivity contribution in [2.75, 3.05) is 5.75 Å². The molecule has 5 heteroatoms. The molecule has 0 heterocycles. The van der Waals surface area contributed by atoms with Gasteiger partial charge < -0.3 is 0 Å². The van der Waals surface area contributed by atoms with Gasteiger partial charge in [-0.1, -0.05) is 43.5 Å². The Morgan fingerprint density at radius 2 is 1.86 bits per heavy atom. The van der Waals surface area contributed by atoms with E-state index in [1.54, 1.807) is 0 Å². The van der Waals surface area contributed by atoms with E-state index in [0.29, 0.717) is 5.92 Å². The summed E-state index contributed by atoms with van der Waals surface area (Å²) in [6.07, 6.45) is 6.35. The molecule has 1 N–H and O–H groups in total. The molecule has 0 amide bonds. The van der Waals surface area contributed by atoms with Gasteiger partial charge in [-0.3, -0.25) is 0 Å². The second-order valence-corrected chi connectivity index (χ2v) is 8.66. The van der Waals surface area contributed by atoms with Gasteiger partial charge in [0, 0.05) is 0 Å². The van der Waals surface area contributed by atoms with Crippen LogP contribution in [0.25, 0.3) is 0 Å². The van der Waals surface area contributed by atoms with E-state index >= 15 is 0 Å². The SMILES string of the molecule is O=S(=O)(CC1CCCCC1)NC1c2ccccc2CC1Cl. The lowest BCUT2D eigenvalue weighted by Gasteiger charge is -2.23. The quantitative estimate of drug-likeness (QED) is 0.862. The molecule has 1 saturated carbocycles. The first kappa shape index (κ1) is 15.3. The van der Waals surface area contributed by atoms with Gasteiger partial charge in [0.15, 0.2) is 0 Å². The zero-order valence-electron chi connectivity index (χ0n) is 12.1. The van der Waals surface area contributed by atoms with Crippen LogP contribution in [-0.4, -0.2) is 19.5 Å². The largest absolute Gasteiger partial charge is 0.212 e. The summed E-state index contributed by atoms with van der Waals surface area (Å²) >= 11 is 6.37. The number of nitrogens with one attached hydrogen (secondary N) is 1. The lowest BCUT2D eigenvalue weighted by Crippen LogP contribution is -2.36. The third-order valence-electron chi connectivity index (χ3n) is 4.65. The fourth-order valence-corrected chi connectivity index (χ4v) is 5.76. The minimum atomic E-state index is -3.27. The summed E-state index contributed by atoms with van der Waals surface area (Å²) in [6.45, 7) is 0. The van der Waals surface area contributed by atoms with E-state index in [0.717, 1.165) is 43.2 Å². The van der Waals surface area contributed by atoms with Crippen LogP contribution >= 0.6 is 11.6 Å². The van der Waals surface area contributed by atoms with Crippen LogP contribution in [-0.2, 0) is 16.4 Å². The van der Waals surface area contributed by atoms with Gasteiger partial charge in [0.2, 0.25) is 10.0 Å². The van der Waals surface area contributed by atoms with E-state index in [4.69, 9.17) is 11.6 Å². The second kappa shape index (κ2) is 6.27. The number of hydrogen-bond acceptors (Lipinski definition) is 2. The maximum atomic E-state index is 12.4. The molecule has 0 aromatic heterocycles. The number of hydrogen-bond donors (Lipinski definition) is 1. The highest BCUT2D eigenvalue weighted by molar-refractivity contribution is 7.89. The first-order valence-corrected chi connectivity index (χ1v) is 9.86. The van der Waals surface area contributed by atoms with Crippen molar-refractivity contribution in [1.82, 2.24) is 4.72 Å². The average molecular weight is 328 g/mol. The molecule has 0 saturated heterocycles. The molecule has 0 radical (unpaired) electrons. The molecule has 2 aliphatic rings. The summed E-state index contributed by atoms with van der Waals surface area (Å²) in [5.74, 6) is 0.552. The summed E-state index contributed by atoms with van der Waals surface area (Å²) in [5.41, 5.74) is 2.19. The van der Waals surface area contributed by atoms with Gasteiger partial charge >= 0.3 is 0 Å². The molecule has 116 valence electrons. The average Bonchev–Trinajstić information content (AvgIpc) is 2.75. The Hall–Kier alpha value is -0.580. The van der Waals surface area contributed by atoms with Crippen molar-refractivity contribution >= 4 is 21.6 Å². The van der Waals surface area contributed by atoms with Gasteiger partial charge in [0.05, 0.1) is 17.2 Å². The molecule has 1 aromatic carbocycles. The molecule has 3 nitrogen and oxygen atoms in total. The fourth-order valence-electron chi connectivity index (χ4n) is 3.59. The van der Waals surface area contributed by atoms with Crippen molar-refractivity contribution < 1.29 is 8.42 Å². The first-order chi connectivity index (χ1) is 10.1. The predicted molar refractivity (Wildman–Crippen MR) is 86.0 cm³/mol. The number of fused-ring (bicyclic) bond motifs is 1. The lowest BCUT2D eigenvalue weighted by atomic mass is 9.91. The number of benzene rings is 1. The van der Waals surface area contributed by atoms with Gasteiger partial charge in [-0.25, -0.2) is 13.1 Å². The van der Waals surface area contributed by atoms with Crippen LogP contribution in [0, 0.1) is 5.92 Å². The topological polar surface area (TPSA) is 46.2 Å². The van der Waals surface area contributed by atoms with Crippen molar-refractivity contribution in [3.8, 4) is 0 Å². The van der Waals surface area contributed by atoms with Crippen LogP contribution in [0.2, 0.25) is 0 Å². The Labute approximate surface area is 132 Å².